The predicted molar refractivity (Wildman–Crippen MR) is 81.7 cm³/mol. The van der Waals surface area contributed by atoms with Gasteiger partial charge in [0.05, 0.1) is 0 Å². The molecule has 0 aliphatic heterocycles. The summed E-state index contributed by atoms with van der Waals surface area (Å²) in [6, 6.07) is 5.16. The van der Waals surface area contributed by atoms with Crippen molar-refractivity contribution in [1.82, 2.24) is 5.32 Å². The number of carbonyl (C=O) groups excluding carboxylic acids is 1. The Labute approximate surface area is 125 Å². The second-order valence-corrected chi connectivity index (χ2v) is 5.58. The summed E-state index contributed by atoms with van der Waals surface area (Å²) in [6.07, 6.45) is 1.75. The van der Waals surface area contributed by atoms with Gasteiger partial charge in [-0.15, -0.1) is 0 Å². The minimum atomic E-state index is -0.507. The smallest absolute Gasteiger partial charge is 0.407 e. The summed E-state index contributed by atoms with van der Waals surface area (Å²) in [4.78, 5) is 11.5. The van der Waals surface area contributed by atoms with E-state index in [2.05, 4.69) is 11.9 Å². The second kappa shape index (κ2) is 7.57. The zero-order valence-corrected chi connectivity index (χ0v) is 12.8. The Morgan fingerprint density at radius 2 is 2.14 bits per heavy atom. The van der Waals surface area contributed by atoms with E-state index in [1.165, 1.54) is 0 Å². The number of phenolic OH excluding ortho intramolecular Hbond substituents is 1. The van der Waals surface area contributed by atoms with Gasteiger partial charge in [-0.2, -0.15) is 0 Å². The molecule has 0 aromatic heterocycles. The van der Waals surface area contributed by atoms with E-state index in [9.17, 15) is 9.90 Å². The minimum absolute atomic E-state index is 0.0756. The van der Waals surface area contributed by atoms with Crippen molar-refractivity contribution in [1.29, 1.82) is 0 Å². The lowest BCUT2D eigenvalue weighted by Crippen LogP contribution is -2.33. The van der Waals surface area contributed by atoms with Crippen LogP contribution < -0.4 is 10.1 Å². The zero-order valence-electron chi connectivity index (χ0n) is 12.8. The van der Waals surface area contributed by atoms with E-state index in [-0.39, 0.29) is 5.75 Å². The van der Waals surface area contributed by atoms with Crippen LogP contribution in [0.15, 0.2) is 30.9 Å². The molecule has 0 aliphatic carbocycles. The quantitative estimate of drug-likeness (QED) is 0.791. The molecule has 5 heteroatoms. The fourth-order valence-corrected chi connectivity index (χ4v) is 1.61. The molecule has 0 saturated heterocycles. The lowest BCUT2D eigenvalue weighted by atomic mass is 10.1. The summed E-state index contributed by atoms with van der Waals surface area (Å²) in [5.74, 6) is 0.491. The number of nitrogens with one attached hydrogen (secondary N) is 1. The number of hydrogen-bond donors (Lipinski definition) is 2. The van der Waals surface area contributed by atoms with Crippen molar-refractivity contribution >= 4 is 6.09 Å². The predicted octanol–water partition coefficient (Wildman–Crippen LogP) is 3.02. The van der Waals surface area contributed by atoms with Crippen molar-refractivity contribution < 1.29 is 19.4 Å². The summed E-state index contributed by atoms with van der Waals surface area (Å²) < 4.78 is 10.4. The second-order valence-electron chi connectivity index (χ2n) is 5.58. The Morgan fingerprint density at radius 3 is 2.71 bits per heavy atom. The van der Waals surface area contributed by atoms with Crippen LogP contribution in [0.25, 0.3) is 0 Å². The Kier molecular flexibility index (Phi) is 6.09. The normalized spacial score (nSPS) is 10.8. The van der Waals surface area contributed by atoms with Crippen LogP contribution in [0.2, 0.25) is 0 Å². The molecular weight excluding hydrogens is 270 g/mol. The first-order valence-electron chi connectivity index (χ1n) is 6.84. The van der Waals surface area contributed by atoms with Gasteiger partial charge in [-0.05, 0) is 44.9 Å². The van der Waals surface area contributed by atoms with Crippen LogP contribution in [-0.2, 0) is 11.2 Å². The van der Waals surface area contributed by atoms with E-state index in [0.29, 0.717) is 25.3 Å². The highest BCUT2D eigenvalue weighted by molar-refractivity contribution is 5.67. The number of rotatable bonds is 6. The van der Waals surface area contributed by atoms with Crippen molar-refractivity contribution in [2.24, 2.45) is 0 Å². The van der Waals surface area contributed by atoms with Crippen LogP contribution in [0.5, 0.6) is 11.5 Å². The third-order valence-corrected chi connectivity index (χ3v) is 2.46. The van der Waals surface area contributed by atoms with Gasteiger partial charge in [-0.25, -0.2) is 4.79 Å². The lowest BCUT2D eigenvalue weighted by molar-refractivity contribution is 0.0528. The third kappa shape index (κ3) is 6.70. The molecule has 5 nitrogen and oxygen atoms in total. The fraction of sp³-hybridized carbons (Fsp3) is 0.438. The van der Waals surface area contributed by atoms with Crippen molar-refractivity contribution in [2.45, 2.75) is 32.8 Å². The summed E-state index contributed by atoms with van der Waals surface area (Å²) in [5.41, 5.74) is 0.390. The van der Waals surface area contributed by atoms with Gasteiger partial charge in [0.15, 0.2) is 11.5 Å². The Hall–Kier alpha value is -2.17. The molecule has 1 rings (SSSR count). The van der Waals surface area contributed by atoms with Crippen LogP contribution >= 0.6 is 0 Å². The maximum Gasteiger partial charge on any atom is 0.407 e. The molecule has 0 aliphatic rings. The molecule has 0 heterocycles. The molecule has 116 valence electrons. The van der Waals surface area contributed by atoms with Crippen LogP contribution in [0.4, 0.5) is 4.79 Å². The van der Waals surface area contributed by atoms with E-state index in [1.54, 1.807) is 18.2 Å². The van der Waals surface area contributed by atoms with Gasteiger partial charge < -0.3 is 19.9 Å². The highest BCUT2D eigenvalue weighted by Gasteiger charge is 2.15. The van der Waals surface area contributed by atoms with Crippen molar-refractivity contribution in [2.75, 3.05) is 13.2 Å². The number of hydrogen-bond acceptors (Lipinski definition) is 4. The standard InChI is InChI=1S/C16H23NO4/c1-5-10-20-14-7-6-12(11-13(14)18)8-9-17-15(19)21-16(2,3)4/h5-7,11,18H,1,8-10H2,2-4H3,(H,17,19). The largest absolute Gasteiger partial charge is 0.504 e. The zero-order chi connectivity index (χ0) is 15.9. The number of benzene rings is 1. The monoisotopic (exact) mass is 293 g/mol. The van der Waals surface area contributed by atoms with Crippen molar-refractivity contribution in [3.05, 3.63) is 36.4 Å². The summed E-state index contributed by atoms with van der Waals surface area (Å²) in [7, 11) is 0. The maximum absolute atomic E-state index is 11.5. The molecule has 0 radical (unpaired) electrons. The number of alkyl carbamates (subject to hydrolysis) is 1. The van der Waals surface area contributed by atoms with Gasteiger partial charge in [0.2, 0.25) is 0 Å². The molecule has 0 bridgehead atoms. The van der Waals surface area contributed by atoms with Gasteiger partial charge in [-0.1, -0.05) is 18.7 Å². The van der Waals surface area contributed by atoms with Crippen LogP contribution in [0.1, 0.15) is 26.3 Å². The Morgan fingerprint density at radius 1 is 1.43 bits per heavy atom. The molecule has 0 saturated carbocycles. The van der Waals surface area contributed by atoms with E-state index in [4.69, 9.17) is 9.47 Å². The first-order valence-corrected chi connectivity index (χ1v) is 6.84. The van der Waals surface area contributed by atoms with Gasteiger partial charge in [0.25, 0.3) is 0 Å². The molecule has 0 fully saturated rings. The molecule has 21 heavy (non-hydrogen) atoms. The SMILES string of the molecule is C=CCOc1ccc(CCNC(=O)OC(C)(C)C)cc1O. The third-order valence-electron chi connectivity index (χ3n) is 2.46. The number of carbonyl (C=O) groups is 1. The number of aromatic hydroxyl groups is 1. The Balaban J connectivity index is 2.44. The highest BCUT2D eigenvalue weighted by Crippen LogP contribution is 2.26. The molecule has 1 amide bonds. The van der Waals surface area contributed by atoms with Crippen molar-refractivity contribution in [3.63, 3.8) is 0 Å². The first-order chi connectivity index (χ1) is 9.81. The van der Waals surface area contributed by atoms with E-state index >= 15 is 0 Å². The van der Waals surface area contributed by atoms with Gasteiger partial charge >= 0.3 is 6.09 Å². The molecule has 1 aromatic rings. The Bertz CT molecular complexity index is 492. The van der Waals surface area contributed by atoms with Crippen molar-refractivity contribution in [3.8, 4) is 11.5 Å². The average molecular weight is 293 g/mol. The lowest BCUT2D eigenvalue weighted by Gasteiger charge is -2.19. The number of phenols is 1. The van der Waals surface area contributed by atoms with E-state index in [1.807, 2.05) is 26.8 Å². The van der Waals surface area contributed by atoms with Crippen LogP contribution in [0, 0.1) is 0 Å². The summed E-state index contributed by atoms with van der Waals surface area (Å²) in [6.45, 7) is 9.75. The van der Waals surface area contributed by atoms with E-state index < -0.39 is 11.7 Å². The van der Waals surface area contributed by atoms with Crippen LogP contribution in [-0.4, -0.2) is 30.0 Å². The summed E-state index contributed by atoms with van der Waals surface area (Å²) in [5, 5.41) is 12.5. The van der Waals surface area contributed by atoms with Gasteiger partial charge in [0.1, 0.15) is 12.2 Å². The average Bonchev–Trinajstić information content (AvgIpc) is 2.35. The molecule has 2 N–H and O–H groups in total. The van der Waals surface area contributed by atoms with Gasteiger partial charge in [-0.3, -0.25) is 0 Å². The molecule has 0 spiro atoms. The van der Waals surface area contributed by atoms with Gasteiger partial charge in [0, 0.05) is 6.54 Å². The molecule has 0 unspecified atom stereocenters. The number of amides is 1. The topological polar surface area (TPSA) is 67.8 Å². The molecule has 1 aromatic carbocycles. The number of ether oxygens (including phenoxy) is 2. The minimum Gasteiger partial charge on any atom is -0.504 e. The summed E-state index contributed by atoms with van der Waals surface area (Å²) >= 11 is 0. The fourth-order valence-electron chi connectivity index (χ4n) is 1.61. The first kappa shape index (κ1) is 16.9. The molecular formula is C16H23NO4. The maximum atomic E-state index is 11.5. The molecule has 0 atom stereocenters. The highest BCUT2D eigenvalue weighted by atomic mass is 16.6. The van der Waals surface area contributed by atoms with E-state index in [0.717, 1.165) is 5.56 Å². The van der Waals surface area contributed by atoms with Crippen LogP contribution in [0.3, 0.4) is 0 Å².